The van der Waals surface area contributed by atoms with Crippen molar-refractivity contribution in [2.45, 2.75) is 13.0 Å². The number of anilines is 1. The lowest BCUT2D eigenvalue weighted by molar-refractivity contribution is 0.0940. The van der Waals surface area contributed by atoms with E-state index in [2.05, 4.69) is 21.2 Å². The molecule has 0 aliphatic heterocycles. The van der Waals surface area contributed by atoms with Gasteiger partial charge in [0.2, 0.25) is 0 Å². The minimum Gasteiger partial charge on any atom is -0.398 e. The first-order valence-corrected chi connectivity index (χ1v) is 6.88. The number of nitrogens with two attached hydrogens (primary N) is 1. The molecule has 0 bridgehead atoms. The molecule has 0 aliphatic rings. The van der Waals surface area contributed by atoms with Crippen molar-refractivity contribution in [3.63, 3.8) is 0 Å². The lowest BCUT2D eigenvalue weighted by atomic mass is 10.1. The molecule has 0 saturated heterocycles. The Morgan fingerprint density at radius 3 is 2.50 bits per heavy atom. The van der Waals surface area contributed by atoms with Crippen LogP contribution >= 0.6 is 15.9 Å². The summed E-state index contributed by atoms with van der Waals surface area (Å²) in [4.78, 5) is 12.1. The van der Waals surface area contributed by atoms with Crippen LogP contribution in [0.4, 0.5) is 10.1 Å². The van der Waals surface area contributed by atoms with Gasteiger partial charge in [0, 0.05) is 15.7 Å². The van der Waals surface area contributed by atoms with Gasteiger partial charge in [-0.25, -0.2) is 4.39 Å². The van der Waals surface area contributed by atoms with Crippen LogP contribution in [0.1, 0.15) is 28.9 Å². The van der Waals surface area contributed by atoms with Crippen molar-refractivity contribution in [3.8, 4) is 0 Å². The molecule has 20 heavy (non-hydrogen) atoms. The number of nitrogen functional groups attached to an aromatic ring is 1. The number of benzene rings is 2. The molecule has 3 nitrogen and oxygen atoms in total. The van der Waals surface area contributed by atoms with Crippen LogP contribution in [0.25, 0.3) is 0 Å². The Hall–Kier alpha value is -1.88. The fourth-order valence-electron chi connectivity index (χ4n) is 1.80. The van der Waals surface area contributed by atoms with Crippen molar-refractivity contribution in [2.24, 2.45) is 0 Å². The van der Waals surface area contributed by atoms with Gasteiger partial charge in [-0.3, -0.25) is 4.79 Å². The Morgan fingerprint density at radius 2 is 1.90 bits per heavy atom. The third kappa shape index (κ3) is 3.36. The summed E-state index contributed by atoms with van der Waals surface area (Å²) in [5, 5.41) is 2.85. The van der Waals surface area contributed by atoms with Gasteiger partial charge in [0.25, 0.3) is 5.91 Å². The molecule has 2 rings (SSSR count). The third-order valence-electron chi connectivity index (χ3n) is 2.98. The topological polar surface area (TPSA) is 55.1 Å². The number of rotatable bonds is 3. The van der Waals surface area contributed by atoms with Crippen LogP contribution in [0.2, 0.25) is 0 Å². The van der Waals surface area contributed by atoms with Crippen molar-refractivity contribution >= 4 is 27.5 Å². The number of halogens is 2. The lowest BCUT2D eigenvalue weighted by Gasteiger charge is -2.14. The van der Waals surface area contributed by atoms with Crippen molar-refractivity contribution in [3.05, 3.63) is 63.9 Å². The SMILES string of the molecule is C[C@H](NC(=O)c1ccc(Br)c(N)c1)c1ccc(F)cc1. The predicted molar refractivity (Wildman–Crippen MR) is 80.8 cm³/mol. The third-order valence-corrected chi connectivity index (χ3v) is 3.70. The normalized spacial score (nSPS) is 11.9. The average molecular weight is 337 g/mol. The Morgan fingerprint density at radius 1 is 1.25 bits per heavy atom. The zero-order valence-electron chi connectivity index (χ0n) is 10.9. The lowest BCUT2D eigenvalue weighted by Crippen LogP contribution is -2.26. The molecule has 2 aromatic carbocycles. The number of hydrogen-bond acceptors (Lipinski definition) is 2. The van der Waals surface area contributed by atoms with Gasteiger partial charge in [0.05, 0.1) is 6.04 Å². The molecule has 2 aromatic rings. The molecule has 0 aliphatic carbocycles. The molecule has 1 atom stereocenters. The largest absolute Gasteiger partial charge is 0.398 e. The van der Waals surface area contributed by atoms with Gasteiger partial charge in [-0.15, -0.1) is 0 Å². The van der Waals surface area contributed by atoms with Crippen LogP contribution in [0.15, 0.2) is 46.9 Å². The molecular formula is C15H14BrFN2O. The molecule has 0 heterocycles. The molecule has 0 saturated carbocycles. The van der Waals surface area contributed by atoms with Gasteiger partial charge in [-0.1, -0.05) is 12.1 Å². The number of nitrogens with one attached hydrogen (secondary N) is 1. The molecule has 3 N–H and O–H groups in total. The second-order valence-corrected chi connectivity index (χ2v) is 5.34. The number of hydrogen-bond donors (Lipinski definition) is 2. The zero-order valence-corrected chi connectivity index (χ0v) is 12.4. The molecule has 0 radical (unpaired) electrons. The Kier molecular flexibility index (Phi) is 4.39. The second-order valence-electron chi connectivity index (χ2n) is 4.48. The molecule has 0 fully saturated rings. The highest BCUT2D eigenvalue weighted by Crippen LogP contribution is 2.21. The van der Waals surface area contributed by atoms with E-state index in [9.17, 15) is 9.18 Å². The van der Waals surface area contributed by atoms with E-state index < -0.39 is 0 Å². The highest BCUT2D eigenvalue weighted by molar-refractivity contribution is 9.10. The van der Waals surface area contributed by atoms with Gasteiger partial charge in [-0.05, 0) is 58.7 Å². The summed E-state index contributed by atoms with van der Waals surface area (Å²) in [6.45, 7) is 1.84. The van der Waals surface area contributed by atoms with Crippen LogP contribution in [-0.4, -0.2) is 5.91 Å². The van der Waals surface area contributed by atoms with Crippen molar-refractivity contribution in [1.82, 2.24) is 5.32 Å². The van der Waals surface area contributed by atoms with E-state index in [1.165, 1.54) is 12.1 Å². The summed E-state index contributed by atoms with van der Waals surface area (Å²) in [5.41, 5.74) is 7.58. The van der Waals surface area contributed by atoms with Crippen LogP contribution in [0, 0.1) is 5.82 Å². The van der Waals surface area contributed by atoms with Crippen molar-refractivity contribution in [1.29, 1.82) is 0 Å². The van der Waals surface area contributed by atoms with E-state index in [4.69, 9.17) is 5.73 Å². The quantitative estimate of drug-likeness (QED) is 0.840. The fourth-order valence-corrected chi connectivity index (χ4v) is 2.05. The monoisotopic (exact) mass is 336 g/mol. The Labute approximate surface area is 125 Å². The fraction of sp³-hybridized carbons (Fsp3) is 0.133. The van der Waals surface area contributed by atoms with E-state index in [1.54, 1.807) is 30.3 Å². The van der Waals surface area contributed by atoms with E-state index >= 15 is 0 Å². The highest BCUT2D eigenvalue weighted by atomic mass is 79.9. The van der Waals surface area contributed by atoms with Crippen molar-refractivity contribution < 1.29 is 9.18 Å². The first kappa shape index (κ1) is 14.5. The van der Waals surface area contributed by atoms with Crippen LogP contribution in [0.3, 0.4) is 0 Å². The average Bonchev–Trinajstić information content (AvgIpc) is 2.42. The zero-order chi connectivity index (χ0) is 14.7. The predicted octanol–water partition coefficient (Wildman–Crippen LogP) is 3.66. The second kappa shape index (κ2) is 6.05. The van der Waals surface area contributed by atoms with Gasteiger partial charge in [0.15, 0.2) is 0 Å². The molecular weight excluding hydrogens is 323 g/mol. The summed E-state index contributed by atoms with van der Waals surface area (Å²) in [6, 6.07) is 10.8. The summed E-state index contributed by atoms with van der Waals surface area (Å²) in [5.74, 6) is -0.519. The number of carbonyl (C=O) groups excluding carboxylic acids is 1. The summed E-state index contributed by atoms with van der Waals surface area (Å²) in [7, 11) is 0. The molecule has 1 amide bonds. The maximum Gasteiger partial charge on any atom is 0.251 e. The Bertz CT molecular complexity index is 628. The molecule has 0 unspecified atom stereocenters. The van der Waals surface area contributed by atoms with Crippen LogP contribution in [-0.2, 0) is 0 Å². The van der Waals surface area contributed by atoms with Crippen molar-refractivity contribution in [2.75, 3.05) is 5.73 Å². The first-order chi connectivity index (χ1) is 9.47. The molecule has 0 spiro atoms. The number of carbonyl (C=O) groups is 1. The van der Waals surface area contributed by atoms with E-state index in [0.29, 0.717) is 11.3 Å². The minimum absolute atomic E-state index is 0.215. The maximum absolute atomic E-state index is 12.9. The maximum atomic E-state index is 12.9. The van der Waals surface area contributed by atoms with Gasteiger partial charge < -0.3 is 11.1 Å². The Balaban J connectivity index is 2.10. The summed E-state index contributed by atoms with van der Waals surface area (Å²) >= 11 is 3.28. The summed E-state index contributed by atoms with van der Waals surface area (Å²) < 4.78 is 13.6. The molecule has 5 heteroatoms. The van der Waals surface area contributed by atoms with E-state index in [-0.39, 0.29) is 17.8 Å². The van der Waals surface area contributed by atoms with Gasteiger partial charge in [0.1, 0.15) is 5.82 Å². The smallest absolute Gasteiger partial charge is 0.251 e. The van der Waals surface area contributed by atoms with E-state index in [1.807, 2.05) is 6.92 Å². The highest BCUT2D eigenvalue weighted by Gasteiger charge is 2.12. The molecule has 104 valence electrons. The van der Waals surface area contributed by atoms with Gasteiger partial charge in [-0.2, -0.15) is 0 Å². The van der Waals surface area contributed by atoms with Gasteiger partial charge >= 0.3 is 0 Å². The number of amides is 1. The first-order valence-electron chi connectivity index (χ1n) is 6.08. The van der Waals surface area contributed by atoms with Crippen LogP contribution < -0.4 is 11.1 Å². The summed E-state index contributed by atoms with van der Waals surface area (Å²) in [6.07, 6.45) is 0. The molecule has 0 aromatic heterocycles. The minimum atomic E-state index is -0.298. The van der Waals surface area contributed by atoms with E-state index in [0.717, 1.165) is 10.0 Å². The van der Waals surface area contributed by atoms with Crippen LogP contribution in [0.5, 0.6) is 0 Å². The standard InChI is InChI=1S/C15H14BrFN2O/c1-9(10-2-5-12(17)6-3-10)19-15(20)11-4-7-13(16)14(18)8-11/h2-9H,18H2,1H3,(H,19,20)/t9-/m0/s1.